The largest absolute Gasteiger partial charge is 0.462 e. The van der Waals surface area contributed by atoms with Gasteiger partial charge in [-0.1, -0.05) is 17.8 Å². The van der Waals surface area contributed by atoms with Gasteiger partial charge in [-0.25, -0.2) is 9.47 Å². The van der Waals surface area contributed by atoms with Crippen LogP contribution in [-0.4, -0.2) is 64.0 Å². The summed E-state index contributed by atoms with van der Waals surface area (Å²) in [7, 11) is 3.24. The van der Waals surface area contributed by atoms with E-state index in [1.807, 2.05) is 17.5 Å². The second-order valence-corrected chi connectivity index (χ2v) is 9.58. The molecule has 13 heteroatoms. The Morgan fingerprint density at radius 1 is 1.31 bits per heavy atom. The Morgan fingerprint density at radius 3 is 2.69 bits per heavy atom. The van der Waals surface area contributed by atoms with Crippen molar-refractivity contribution in [3.8, 4) is 10.7 Å². The first-order valence-electron chi connectivity index (χ1n) is 9.43. The molecule has 0 aromatic carbocycles. The highest BCUT2D eigenvalue weighted by Crippen LogP contribution is 2.34. The smallest absolute Gasteiger partial charge is 0.341 e. The number of carbonyl (C=O) groups excluding carboxylic acids is 3. The van der Waals surface area contributed by atoms with Gasteiger partial charge in [0.05, 0.1) is 27.7 Å². The van der Waals surface area contributed by atoms with Crippen molar-refractivity contribution in [3.05, 3.63) is 33.5 Å². The molecule has 0 bridgehead atoms. The maximum Gasteiger partial charge on any atom is 0.341 e. The Balaban J connectivity index is 1.76. The lowest BCUT2D eigenvalue weighted by atomic mass is 10.1. The number of esters is 1. The first-order valence-corrected chi connectivity index (χ1v) is 12.1. The number of nitrogens with zero attached hydrogens (tertiary/aromatic N) is 4. The molecule has 3 aromatic heterocycles. The quantitative estimate of drug-likeness (QED) is 0.277. The van der Waals surface area contributed by atoms with Crippen LogP contribution in [0.3, 0.4) is 0 Å². The highest BCUT2D eigenvalue weighted by atomic mass is 32.2. The molecule has 10 nitrogen and oxygen atoms in total. The number of nitrogens with two attached hydrogens (primary N) is 1. The second-order valence-electron chi connectivity index (χ2n) is 6.67. The normalized spacial score (nSPS) is 10.8. The van der Waals surface area contributed by atoms with Crippen LogP contribution in [0.1, 0.15) is 32.5 Å². The molecule has 0 atom stereocenters. The zero-order valence-corrected chi connectivity index (χ0v) is 20.3. The molecule has 0 saturated carbocycles. The van der Waals surface area contributed by atoms with Gasteiger partial charge >= 0.3 is 5.97 Å². The van der Waals surface area contributed by atoms with Crippen molar-refractivity contribution in [2.45, 2.75) is 19.0 Å². The maximum absolute atomic E-state index is 12.6. The molecule has 3 rings (SSSR count). The number of carbonyl (C=O) groups is 3. The maximum atomic E-state index is 12.6. The van der Waals surface area contributed by atoms with E-state index >= 15 is 0 Å². The van der Waals surface area contributed by atoms with Gasteiger partial charge in [-0.3, -0.25) is 9.59 Å². The summed E-state index contributed by atoms with van der Waals surface area (Å²) in [4.78, 5) is 40.2. The van der Waals surface area contributed by atoms with Crippen LogP contribution < -0.4 is 11.2 Å². The van der Waals surface area contributed by atoms with Gasteiger partial charge in [0.1, 0.15) is 5.00 Å². The van der Waals surface area contributed by atoms with E-state index in [9.17, 15) is 14.4 Å². The molecule has 170 valence electrons. The van der Waals surface area contributed by atoms with Gasteiger partial charge in [0.2, 0.25) is 11.1 Å². The fraction of sp³-hybridized carbons (Fsp3) is 0.316. The van der Waals surface area contributed by atoms with Crippen molar-refractivity contribution in [3.63, 3.8) is 0 Å². The summed E-state index contributed by atoms with van der Waals surface area (Å²) in [5.74, 6) is 5.31. The third-order valence-electron chi connectivity index (χ3n) is 4.22. The van der Waals surface area contributed by atoms with Crippen LogP contribution in [0.15, 0.2) is 22.7 Å². The van der Waals surface area contributed by atoms with E-state index in [4.69, 9.17) is 10.6 Å². The number of aromatic nitrogens is 3. The number of rotatable bonds is 8. The van der Waals surface area contributed by atoms with E-state index in [-0.39, 0.29) is 34.7 Å². The summed E-state index contributed by atoms with van der Waals surface area (Å²) in [6.45, 7) is 3.52. The zero-order valence-electron chi connectivity index (χ0n) is 17.9. The van der Waals surface area contributed by atoms with Gasteiger partial charge in [-0.15, -0.1) is 32.9 Å². The molecule has 3 heterocycles. The van der Waals surface area contributed by atoms with Gasteiger partial charge in [-0.2, -0.15) is 0 Å². The predicted molar refractivity (Wildman–Crippen MR) is 126 cm³/mol. The SMILES string of the molecule is CCOC(=O)c1c(NC(=O)CSc2nnc(-c3cccs3)n2N)sc(C(=O)N(C)C)c1C. The topological polar surface area (TPSA) is 132 Å². The molecule has 3 N–H and O–H groups in total. The van der Waals surface area contributed by atoms with Crippen molar-refractivity contribution in [1.82, 2.24) is 19.8 Å². The lowest BCUT2D eigenvalue weighted by Crippen LogP contribution is -2.21. The summed E-state index contributed by atoms with van der Waals surface area (Å²) in [5, 5.41) is 13.4. The van der Waals surface area contributed by atoms with E-state index in [2.05, 4.69) is 15.5 Å². The summed E-state index contributed by atoms with van der Waals surface area (Å²) < 4.78 is 6.45. The minimum Gasteiger partial charge on any atom is -0.462 e. The van der Waals surface area contributed by atoms with E-state index in [1.54, 1.807) is 27.9 Å². The Bertz CT molecular complexity index is 1140. The second kappa shape index (κ2) is 10.1. The summed E-state index contributed by atoms with van der Waals surface area (Å²) in [5.41, 5.74) is 0.653. The minimum absolute atomic E-state index is 0.0179. The lowest BCUT2D eigenvalue weighted by Gasteiger charge is -2.09. The monoisotopic (exact) mass is 494 g/mol. The molecular formula is C19H22N6O4S3. The number of hydrogen-bond acceptors (Lipinski definition) is 10. The number of thiophene rings is 2. The highest BCUT2D eigenvalue weighted by molar-refractivity contribution is 7.99. The van der Waals surface area contributed by atoms with Crippen LogP contribution in [0.5, 0.6) is 0 Å². The third-order valence-corrected chi connectivity index (χ3v) is 7.22. The molecule has 0 aliphatic rings. The average molecular weight is 495 g/mol. The van der Waals surface area contributed by atoms with Crippen molar-refractivity contribution in [1.29, 1.82) is 0 Å². The van der Waals surface area contributed by atoms with Gasteiger partial charge in [-0.05, 0) is 30.9 Å². The van der Waals surface area contributed by atoms with Gasteiger partial charge in [0.25, 0.3) is 5.91 Å². The molecular weight excluding hydrogens is 472 g/mol. The first kappa shape index (κ1) is 23.8. The number of hydrogen-bond donors (Lipinski definition) is 2. The Kier molecular flexibility index (Phi) is 7.53. The van der Waals surface area contributed by atoms with E-state index in [1.165, 1.54) is 20.9 Å². The number of ether oxygens (including phenoxy) is 1. The number of nitrogen functional groups attached to an aromatic ring is 1. The van der Waals surface area contributed by atoms with Crippen molar-refractivity contribution >= 4 is 57.2 Å². The molecule has 0 radical (unpaired) electrons. The molecule has 0 saturated heterocycles. The number of nitrogens with one attached hydrogen (secondary N) is 1. The fourth-order valence-corrected chi connectivity index (χ4v) is 5.29. The van der Waals surface area contributed by atoms with Gasteiger partial charge < -0.3 is 20.8 Å². The summed E-state index contributed by atoms with van der Waals surface area (Å²) in [6.07, 6.45) is 0. The van der Waals surface area contributed by atoms with E-state index < -0.39 is 5.97 Å². The molecule has 0 unspecified atom stereocenters. The standard InChI is InChI=1S/C19H22N6O4S3/c1-5-29-18(28)13-10(2)14(17(27)24(3)4)32-16(13)21-12(26)9-31-19-23-22-15(25(19)20)11-7-6-8-30-11/h6-8H,5,9,20H2,1-4H3,(H,21,26). The minimum atomic E-state index is -0.593. The van der Waals surface area contributed by atoms with E-state index in [0.29, 0.717) is 21.4 Å². The molecule has 0 fully saturated rings. The van der Waals surface area contributed by atoms with Crippen molar-refractivity contribution < 1.29 is 19.1 Å². The van der Waals surface area contributed by atoms with Crippen LogP contribution in [0.25, 0.3) is 10.7 Å². The first-order chi connectivity index (χ1) is 15.2. The fourth-order valence-electron chi connectivity index (χ4n) is 2.70. The molecule has 32 heavy (non-hydrogen) atoms. The van der Waals surface area contributed by atoms with Gasteiger partial charge in [0, 0.05) is 14.1 Å². The summed E-state index contributed by atoms with van der Waals surface area (Å²) >= 11 is 3.63. The van der Waals surface area contributed by atoms with Crippen molar-refractivity contribution in [2.75, 3.05) is 37.6 Å². The zero-order chi connectivity index (χ0) is 23.4. The highest BCUT2D eigenvalue weighted by Gasteiger charge is 2.27. The number of anilines is 1. The Hall–Kier alpha value is -2.90. The number of amides is 2. The average Bonchev–Trinajstić information content (AvgIpc) is 3.46. The third kappa shape index (κ3) is 4.95. The van der Waals surface area contributed by atoms with Crippen molar-refractivity contribution in [2.24, 2.45) is 0 Å². The van der Waals surface area contributed by atoms with Crippen LogP contribution >= 0.6 is 34.4 Å². The summed E-state index contributed by atoms with van der Waals surface area (Å²) in [6, 6.07) is 3.76. The predicted octanol–water partition coefficient (Wildman–Crippen LogP) is 2.70. The van der Waals surface area contributed by atoms with Crippen LogP contribution in [0.2, 0.25) is 0 Å². The molecule has 3 aromatic rings. The molecule has 0 aliphatic carbocycles. The van der Waals surface area contributed by atoms with Crippen LogP contribution in [0.4, 0.5) is 5.00 Å². The van der Waals surface area contributed by atoms with Crippen LogP contribution in [-0.2, 0) is 9.53 Å². The number of thioether (sulfide) groups is 1. The lowest BCUT2D eigenvalue weighted by molar-refractivity contribution is -0.113. The van der Waals surface area contributed by atoms with E-state index in [0.717, 1.165) is 28.0 Å². The van der Waals surface area contributed by atoms with Crippen LogP contribution in [0, 0.1) is 6.92 Å². The molecule has 0 spiro atoms. The van der Waals surface area contributed by atoms with Gasteiger partial charge in [0.15, 0.2) is 5.82 Å². The Morgan fingerprint density at radius 2 is 2.06 bits per heavy atom. The molecule has 0 aliphatic heterocycles. The molecule has 2 amide bonds. The Labute approximate surface area is 196 Å².